The topological polar surface area (TPSA) is 111 Å². The molecule has 1 saturated heterocycles. The molecule has 2 aromatic rings. The van der Waals surface area contributed by atoms with Crippen molar-refractivity contribution in [3.63, 3.8) is 0 Å². The summed E-state index contributed by atoms with van der Waals surface area (Å²) in [6.07, 6.45) is 0. The summed E-state index contributed by atoms with van der Waals surface area (Å²) in [5.41, 5.74) is 0.528. The molecule has 0 unspecified atom stereocenters. The van der Waals surface area contributed by atoms with Crippen LogP contribution in [-0.2, 0) is 0 Å². The third-order valence-corrected chi connectivity index (χ3v) is 4.51. The summed E-state index contributed by atoms with van der Waals surface area (Å²) >= 11 is 0. The minimum Gasteiger partial charge on any atom is -0.504 e. The van der Waals surface area contributed by atoms with E-state index < -0.39 is 23.2 Å². The van der Waals surface area contributed by atoms with Crippen molar-refractivity contribution in [1.29, 1.82) is 0 Å². The number of carbonyl (C=O) groups is 2. The van der Waals surface area contributed by atoms with E-state index in [2.05, 4.69) is 0 Å². The number of phenolic OH excluding ortho intramolecular Hbond substituents is 3. The van der Waals surface area contributed by atoms with Gasteiger partial charge in [0.25, 0.3) is 11.8 Å². The van der Waals surface area contributed by atoms with E-state index in [1.165, 1.54) is 12.0 Å². The van der Waals surface area contributed by atoms with E-state index in [-0.39, 0.29) is 11.5 Å². The molecule has 3 N–H and O–H groups in total. The summed E-state index contributed by atoms with van der Waals surface area (Å²) in [5.74, 6) is -1.87. The normalized spacial score (nSPS) is 14.1. The molecule has 2 amide bonds. The molecule has 0 bridgehead atoms. The Labute approximate surface area is 155 Å². The van der Waals surface area contributed by atoms with Crippen LogP contribution in [0, 0.1) is 0 Å². The lowest BCUT2D eigenvalue weighted by molar-refractivity contribution is 0.0533. The second kappa shape index (κ2) is 7.45. The first-order valence-electron chi connectivity index (χ1n) is 8.39. The number of amides is 2. The Morgan fingerprint density at radius 3 is 1.96 bits per heavy atom. The van der Waals surface area contributed by atoms with Gasteiger partial charge in [0, 0.05) is 31.7 Å². The zero-order valence-electron chi connectivity index (χ0n) is 14.8. The van der Waals surface area contributed by atoms with E-state index >= 15 is 0 Å². The molecule has 1 fully saturated rings. The highest BCUT2D eigenvalue weighted by atomic mass is 16.5. The van der Waals surface area contributed by atoms with Gasteiger partial charge in [-0.3, -0.25) is 9.59 Å². The number of hydrogen-bond acceptors (Lipinski definition) is 6. The van der Waals surface area contributed by atoms with Gasteiger partial charge in [-0.1, -0.05) is 12.1 Å². The molecule has 8 nitrogen and oxygen atoms in total. The molecule has 8 heteroatoms. The number of methoxy groups -OCH3 is 1. The molecule has 0 saturated carbocycles. The number of nitrogens with zero attached hydrogens (tertiary/aromatic N) is 2. The minimum atomic E-state index is -0.668. The van der Waals surface area contributed by atoms with Gasteiger partial charge in [-0.05, 0) is 24.3 Å². The largest absolute Gasteiger partial charge is 0.504 e. The van der Waals surface area contributed by atoms with Crippen molar-refractivity contribution in [3.05, 3.63) is 47.5 Å². The lowest BCUT2D eigenvalue weighted by atomic mass is 10.1. The quantitative estimate of drug-likeness (QED) is 0.703. The summed E-state index contributed by atoms with van der Waals surface area (Å²) in [6, 6.07) is 9.17. The van der Waals surface area contributed by atoms with Gasteiger partial charge in [0.15, 0.2) is 17.2 Å². The molecule has 3 rings (SSSR count). The third kappa shape index (κ3) is 3.59. The summed E-state index contributed by atoms with van der Waals surface area (Å²) < 4.78 is 5.23. The number of carbonyl (C=O) groups excluding carboxylic acids is 2. The summed E-state index contributed by atoms with van der Waals surface area (Å²) in [4.78, 5) is 28.4. The molecule has 0 aromatic heterocycles. The number of hydrogen-bond donors (Lipinski definition) is 3. The molecule has 2 aromatic carbocycles. The standard InChI is InChI=1S/C19H20N2O6/c1-27-16-5-3-2-4-13(16)19(26)21-8-6-20(7-9-21)18(25)12-10-14(22)17(24)15(23)11-12/h2-5,10-11,22-24H,6-9H2,1H3. The predicted octanol–water partition coefficient (Wildman–Crippen LogP) is 1.41. The molecule has 1 heterocycles. The van der Waals surface area contributed by atoms with Crippen LogP contribution >= 0.6 is 0 Å². The highest BCUT2D eigenvalue weighted by Gasteiger charge is 2.27. The van der Waals surface area contributed by atoms with Crippen LogP contribution in [0.15, 0.2) is 36.4 Å². The van der Waals surface area contributed by atoms with Crippen LogP contribution < -0.4 is 4.74 Å². The molecule has 0 atom stereocenters. The molecule has 1 aliphatic heterocycles. The van der Waals surface area contributed by atoms with Gasteiger partial charge < -0.3 is 29.9 Å². The second-order valence-electron chi connectivity index (χ2n) is 6.15. The SMILES string of the molecule is COc1ccccc1C(=O)N1CCN(C(=O)c2cc(O)c(O)c(O)c2)CC1. The van der Waals surface area contributed by atoms with Crippen LogP contribution in [0.3, 0.4) is 0 Å². The highest BCUT2D eigenvalue weighted by molar-refractivity contribution is 5.98. The molecule has 27 heavy (non-hydrogen) atoms. The number of para-hydroxylation sites is 1. The Morgan fingerprint density at radius 2 is 1.41 bits per heavy atom. The summed E-state index contributed by atoms with van der Waals surface area (Å²) in [6.45, 7) is 1.31. The van der Waals surface area contributed by atoms with E-state index in [9.17, 15) is 24.9 Å². The first-order chi connectivity index (χ1) is 12.9. The maximum Gasteiger partial charge on any atom is 0.257 e. The number of ether oxygens (including phenoxy) is 1. The zero-order valence-corrected chi connectivity index (χ0v) is 14.8. The van der Waals surface area contributed by atoms with Crippen molar-refractivity contribution in [1.82, 2.24) is 9.80 Å². The second-order valence-corrected chi connectivity index (χ2v) is 6.15. The van der Waals surface area contributed by atoms with Crippen molar-refractivity contribution in [2.24, 2.45) is 0 Å². The van der Waals surface area contributed by atoms with Crippen molar-refractivity contribution in [3.8, 4) is 23.0 Å². The lowest BCUT2D eigenvalue weighted by Gasteiger charge is -2.35. The fourth-order valence-electron chi connectivity index (χ4n) is 3.01. The average Bonchev–Trinajstić information content (AvgIpc) is 2.70. The number of rotatable bonds is 3. The Morgan fingerprint density at radius 1 is 0.889 bits per heavy atom. The zero-order chi connectivity index (χ0) is 19.6. The fraction of sp³-hybridized carbons (Fsp3) is 0.263. The van der Waals surface area contributed by atoms with Crippen LogP contribution in [-0.4, -0.2) is 70.2 Å². The third-order valence-electron chi connectivity index (χ3n) is 4.51. The van der Waals surface area contributed by atoms with Crippen molar-refractivity contribution >= 4 is 11.8 Å². The molecule has 1 aliphatic rings. The first kappa shape index (κ1) is 18.4. The van der Waals surface area contributed by atoms with Crippen LogP contribution in [0.1, 0.15) is 20.7 Å². The van der Waals surface area contributed by atoms with E-state index in [0.29, 0.717) is 37.5 Å². The summed E-state index contributed by atoms with van der Waals surface area (Å²) in [7, 11) is 1.51. The van der Waals surface area contributed by atoms with E-state index in [0.717, 1.165) is 12.1 Å². The summed E-state index contributed by atoms with van der Waals surface area (Å²) in [5, 5.41) is 28.5. The molecule has 0 spiro atoms. The molecule has 0 radical (unpaired) electrons. The molecule has 142 valence electrons. The van der Waals surface area contributed by atoms with E-state index in [4.69, 9.17) is 4.74 Å². The van der Waals surface area contributed by atoms with Gasteiger partial charge in [0.2, 0.25) is 0 Å². The maximum absolute atomic E-state index is 12.7. The van der Waals surface area contributed by atoms with Crippen molar-refractivity contribution < 1.29 is 29.6 Å². The van der Waals surface area contributed by atoms with Gasteiger partial charge in [-0.25, -0.2) is 0 Å². The fourth-order valence-corrected chi connectivity index (χ4v) is 3.01. The van der Waals surface area contributed by atoms with Gasteiger partial charge in [0.05, 0.1) is 12.7 Å². The number of benzene rings is 2. The first-order valence-corrected chi connectivity index (χ1v) is 8.39. The number of phenols is 3. The van der Waals surface area contributed by atoms with Gasteiger partial charge >= 0.3 is 0 Å². The predicted molar refractivity (Wildman–Crippen MR) is 96.2 cm³/mol. The average molecular weight is 372 g/mol. The van der Waals surface area contributed by atoms with Crippen molar-refractivity contribution in [2.45, 2.75) is 0 Å². The number of aromatic hydroxyl groups is 3. The molecule has 0 aliphatic carbocycles. The van der Waals surface area contributed by atoms with Crippen LogP contribution in [0.5, 0.6) is 23.0 Å². The Kier molecular flexibility index (Phi) is 5.07. The maximum atomic E-state index is 12.7. The number of piperazine rings is 1. The lowest BCUT2D eigenvalue weighted by Crippen LogP contribution is -2.50. The molecular weight excluding hydrogens is 352 g/mol. The monoisotopic (exact) mass is 372 g/mol. The van der Waals surface area contributed by atoms with Crippen LogP contribution in [0.4, 0.5) is 0 Å². The van der Waals surface area contributed by atoms with Crippen LogP contribution in [0.25, 0.3) is 0 Å². The van der Waals surface area contributed by atoms with Gasteiger partial charge in [-0.2, -0.15) is 0 Å². The highest BCUT2D eigenvalue weighted by Crippen LogP contribution is 2.35. The smallest absolute Gasteiger partial charge is 0.257 e. The van der Waals surface area contributed by atoms with Crippen LogP contribution in [0.2, 0.25) is 0 Å². The van der Waals surface area contributed by atoms with Gasteiger partial charge in [-0.15, -0.1) is 0 Å². The molecular formula is C19H20N2O6. The Hall–Kier alpha value is -3.42. The van der Waals surface area contributed by atoms with E-state index in [1.54, 1.807) is 29.2 Å². The van der Waals surface area contributed by atoms with E-state index in [1.807, 2.05) is 0 Å². The van der Waals surface area contributed by atoms with Gasteiger partial charge in [0.1, 0.15) is 5.75 Å². The minimum absolute atomic E-state index is 0.0623. The Balaban J connectivity index is 1.68. The van der Waals surface area contributed by atoms with Crippen molar-refractivity contribution in [2.75, 3.05) is 33.3 Å². The Bertz CT molecular complexity index is 851.